The van der Waals surface area contributed by atoms with E-state index in [1.54, 1.807) is 0 Å². The fraction of sp³-hybridized carbons (Fsp3) is 0.438. The Hall–Kier alpha value is -1.84. The topological polar surface area (TPSA) is 35.5 Å². The van der Waals surface area contributed by atoms with Crippen molar-refractivity contribution < 1.29 is 18.7 Å². The Labute approximate surface area is 118 Å². The van der Waals surface area contributed by atoms with Crippen LogP contribution < -0.4 is 4.74 Å². The molecule has 1 aliphatic rings. The van der Waals surface area contributed by atoms with Crippen LogP contribution in [0.5, 0.6) is 5.75 Å². The Morgan fingerprint density at radius 1 is 1.35 bits per heavy atom. The molecule has 0 heterocycles. The number of ether oxygens (including phenoxy) is 2. The van der Waals surface area contributed by atoms with E-state index in [4.69, 9.17) is 9.47 Å². The molecule has 20 heavy (non-hydrogen) atoms. The van der Waals surface area contributed by atoms with Crippen LogP contribution in [0.2, 0.25) is 0 Å². The fourth-order valence-electron chi connectivity index (χ4n) is 2.34. The van der Waals surface area contributed by atoms with E-state index in [1.165, 1.54) is 19.2 Å². The summed E-state index contributed by atoms with van der Waals surface area (Å²) in [5, 5.41) is 0. The molecule has 4 heteroatoms. The van der Waals surface area contributed by atoms with Crippen molar-refractivity contribution in [1.82, 2.24) is 0 Å². The zero-order chi connectivity index (χ0) is 14.5. The number of carbonyl (C=O) groups excluding carboxylic acids is 1. The number of esters is 1. The molecule has 0 N–H and O–H groups in total. The van der Waals surface area contributed by atoms with E-state index in [1.807, 2.05) is 0 Å². The maximum Gasteiger partial charge on any atom is 0.342 e. The monoisotopic (exact) mass is 278 g/mol. The summed E-state index contributed by atoms with van der Waals surface area (Å²) in [6, 6.07) is 3.83. The van der Waals surface area contributed by atoms with Gasteiger partial charge in [-0.15, -0.1) is 0 Å². The van der Waals surface area contributed by atoms with Gasteiger partial charge in [0.2, 0.25) is 0 Å². The summed E-state index contributed by atoms with van der Waals surface area (Å²) in [6.07, 6.45) is 6.18. The summed E-state index contributed by atoms with van der Waals surface area (Å²) in [6.45, 7) is 2.49. The summed E-state index contributed by atoms with van der Waals surface area (Å²) < 4.78 is 23.6. The molecule has 2 unspecified atom stereocenters. The van der Waals surface area contributed by atoms with E-state index >= 15 is 0 Å². The number of hydrogen-bond acceptors (Lipinski definition) is 3. The fourth-order valence-corrected chi connectivity index (χ4v) is 2.34. The van der Waals surface area contributed by atoms with Crippen molar-refractivity contribution >= 4 is 5.97 Å². The van der Waals surface area contributed by atoms with Gasteiger partial charge in [0.05, 0.1) is 13.7 Å². The van der Waals surface area contributed by atoms with Crippen LogP contribution in [-0.4, -0.2) is 19.7 Å². The number of carbonyl (C=O) groups is 1. The second kappa shape index (κ2) is 6.55. The quantitative estimate of drug-likeness (QED) is 0.623. The second-order valence-corrected chi connectivity index (χ2v) is 5.12. The molecule has 0 aliphatic heterocycles. The standard InChI is InChI=1S/C16H19FO3/c1-11-5-3-4-6-12(11)10-20-16(18)14-9-13(17)7-8-15(14)19-2/h3-4,7-9,11-12H,5-6,10H2,1-2H3. The molecule has 0 saturated heterocycles. The van der Waals surface area contributed by atoms with Crippen molar-refractivity contribution in [3.05, 3.63) is 41.7 Å². The van der Waals surface area contributed by atoms with E-state index in [0.717, 1.165) is 18.9 Å². The maximum atomic E-state index is 13.2. The van der Waals surface area contributed by atoms with Gasteiger partial charge in [0.15, 0.2) is 0 Å². The first kappa shape index (κ1) is 14.6. The third-order valence-corrected chi connectivity index (χ3v) is 3.73. The number of methoxy groups -OCH3 is 1. The Morgan fingerprint density at radius 2 is 2.10 bits per heavy atom. The molecule has 0 aromatic heterocycles. The van der Waals surface area contributed by atoms with E-state index in [2.05, 4.69) is 19.1 Å². The average molecular weight is 278 g/mol. The molecule has 3 nitrogen and oxygen atoms in total. The summed E-state index contributed by atoms with van der Waals surface area (Å²) in [5.41, 5.74) is 0.131. The normalized spacial score (nSPS) is 21.6. The molecule has 1 aliphatic carbocycles. The van der Waals surface area contributed by atoms with Crippen molar-refractivity contribution in [3.8, 4) is 5.75 Å². The molecule has 1 aromatic rings. The summed E-state index contributed by atoms with van der Waals surface area (Å²) in [7, 11) is 1.44. The lowest BCUT2D eigenvalue weighted by molar-refractivity contribution is 0.0391. The molecule has 108 valence electrons. The number of benzene rings is 1. The molecular weight excluding hydrogens is 259 g/mol. The largest absolute Gasteiger partial charge is 0.496 e. The van der Waals surface area contributed by atoms with Crippen LogP contribution >= 0.6 is 0 Å². The highest BCUT2D eigenvalue weighted by molar-refractivity contribution is 5.92. The van der Waals surface area contributed by atoms with E-state index in [-0.39, 0.29) is 5.56 Å². The van der Waals surface area contributed by atoms with Crippen LogP contribution in [-0.2, 0) is 4.74 Å². The molecule has 1 aromatic carbocycles. The van der Waals surface area contributed by atoms with E-state index in [0.29, 0.717) is 24.2 Å². The zero-order valence-electron chi connectivity index (χ0n) is 11.8. The highest BCUT2D eigenvalue weighted by atomic mass is 19.1. The van der Waals surface area contributed by atoms with Gasteiger partial charge in [0.25, 0.3) is 0 Å². The minimum Gasteiger partial charge on any atom is -0.496 e. The third-order valence-electron chi connectivity index (χ3n) is 3.73. The van der Waals surface area contributed by atoms with Gasteiger partial charge in [0.1, 0.15) is 17.1 Å². The van der Waals surface area contributed by atoms with Crippen molar-refractivity contribution in [1.29, 1.82) is 0 Å². The van der Waals surface area contributed by atoms with E-state index in [9.17, 15) is 9.18 Å². The highest BCUT2D eigenvalue weighted by Gasteiger charge is 2.21. The lowest BCUT2D eigenvalue weighted by atomic mass is 9.85. The SMILES string of the molecule is COc1ccc(F)cc1C(=O)OCC1CC=CCC1C. The van der Waals surface area contributed by atoms with Crippen LogP contribution in [0.15, 0.2) is 30.4 Å². The number of allylic oxidation sites excluding steroid dienone is 2. The molecular formula is C16H19FO3. The van der Waals surface area contributed by atoms with Gasteiger partial charge in [-0.05, 0) is 42.9 Å². The van der Waals surface area contributed by atoms with Crippen LogP contribution in [0.4, 0.5) is 4.39 Å². The van der Waals surface area contributed by atoms with E-state index < -0.39 is 11.8 Å². The zero-order valence-corrected chi connectivity index (χ0v) is 11.8. The van der Waals surface area contributed by atoms with Gasteiger partial charge in [0, 0.05) is 0 Å². The van der Waals surface area contributed by atoms with Crippen LogP contribution in [0, 0.1) is 17.7 Å². The van der Waals surface area contributed by atoms with Gasteiger partial charge in [-0.1, -0.05) is 19.1 Å². The molecule has 0 saturated carbocycles. The number of hydrogen-bond donors (Lipinski definition) is 0. The molecule has 2 atom stereocenters. The molecule has 0 radical (unpaired) electrons. The van der Waals surface area contributed by atoms with Crippen molar-refractivity contribution in [2.75, 3.05) is 13.7 Å². The molecule has 0 bridgehead atoms. The minimum absolute atomic E-state index is 0.131. The predicted molar refractivity (Wildman–Crippen MR) is 74.3 cm³/mol. The van der Waals surface area contributed by atoms with Crippen molar-refractivity contribution in [3.63, 3.8) is 0 Å². The van der Waals surface area contributed by atoms with Crippen LogP contribution in [0.3, 0.4) is 0 Å². The maximum absolute atomic E-state index is 13.2. The highest BCUT2D eigenvalue weighted by Crippen LogP contribution is 2.26. The first-order valence-electron chi connectivity index (χ1n) is 6.77. The predicted octanol–water partition coefficient (Wildman–Crippen LogP) is 3.59. The Balaban J connectivity index is 2.01. The van der Waals surface area contributed by atoms with Crippen LogP contribution in [0.1, 0.15) is 30.1 Å². The number of rotatable bonds is 4. The average Bonchev–Trinajstić information content (AvgIpc) is 2.46. The first-order chi connectivity index (χ1) is 9.61. The first-order valence-corrected chi connectivity index (χ1v) is 6.77. The lowest BCUT2D eigenvalue weighted by Gasteiger charge is -2.24. The Kier molecular flexibility index (Phi) is 4.77. The van der Waals surface area contributed by atoms with Gasteiger partial charge in [-0.3, -0.25) is 0 Å². The Bertz CT molecular complexity index is 510. The second-order valence-electron chi connectivity index (χ2n) is 5.12. The molecule has 0 fully saturated rings. The van der Waals surface area contributed by atoms with Crippen molar-refractivity contribution in [2.24, 2.45) is 11.8 Å². The summed E-state index contributed by atoms with van der Waals surface area (Å²) in [4.78, 5) is 12.0. The molecule has 2 rings (SSSR count). The lowest BCUT2D eigenvalue weighted by Crippen LogP contribution is -2.22. The number of halogens is 1. The smallest absolute Gasteiger partial charge is 0.342 e. The van der Waals surface area contributed by atoms with Gasteiger partial charge in [-0.25, -0.2) is 9.18 Å². The molecule has 0 spiro atoms. The third kappa shape index (κ3) is 3.38. The Morgan fingerprint density at radius 3 is 2.80 bits per heavy atom. The van der Waals surface area contributed by atoms with Crippen molar-refractivity contribution in [2.45, 2.75) is 19.8 Å². The van der Waals surface area contributed by atoms with Crippen LogP contribution in [0.25, 0.3) is 0 Å². The summed E-state index contributed by atoms with van der Waals surface area (Å²) in [5.74, 6) is 0.119. The van der Waals surface area contributed by atoms with Gasteiger partial charge in [-0.2, -0.15) is 0 Å². The van der Waals surface area contributed by atoms with Gasteiger partial charge < -0.3 is 9.47 Å². The van der Waals surface area contributed by atoms with Gasteiger partial charge >= 0.3 is 5.97 Å². The summed E-state index contributed by atoms with van der Waals surface area (Å²) >= 11 is 0. The minimum atomic E-state index is -0.539. The molecule has 0 amide bonds.